The number of rotatable bonds is 5. The summed E-state index contributed by atoms with van der Waals surface area (Å²) in [7, 11) is 0. The smallest absolute Gasteiger partial charge is 0.131 e. The molecule has 4 aromatic carbocycles. The normalized spacial score (nSPS) is 11.1. The minimum atomic E-state index is 0.105. The molecular formula is C25H24O4. The number of fused-ring (bicyclic) bond motifs is 2. The molecule has 0 spiro atoms. The third-order valence-electron chi connectivity index (χ3n) is 5.09. The second-order valence-electron chi connectivity index (χ2n) is 7.00. The first-order valence-corrected chi connectivity index (χ1v) is 9.82. The number of phenolic OH excluding ortho intramolecular Hbond substituents is 2. The van der Waals surface area contributed by atoms with E-state index in [1.807, 2.05) is 63.2 Å². The van der Waals surface area contributed by atoms with Crippen LogP contribution >= 0.6 is 0 Å². The standard InChI is InChI=1S/C25H24O4/c1-4-28-22-13-20(24(26)17-9-7-6-8-16(17)22)21-14-23(29-5-2)19-12-15(3)10-11-18(19)25(21)27/h6-14,26-27H,4-5H2,1-3H3. The highest BCUT2D eigenvalue weighted by atomic mass is 16.5. The molecule has 4 rings (SSSR count). The lowest BCUT2D eigenvalue weighted by Crippen LogP contribution is -1.96. The zero-order valence-electron chi connectivity index (χ0n) is 16.8. The van der Waals surface area contributed by atoms with Crippen LogP contribution in [0, 0.1) is 6.92 Å². The molecule has 2 N–H and O–H groups in total. The van der Waals surface area contributed by atoms with Gasteiger partial charge in [-0.25, -0.2) is 0 Å². The Bertz CT molecular complexity index is 1210. The van der Waals surface area contributed by atoms with Crippen LogP contribution in [0.5, 0.6) is 23.0 Å². The Hall–Kier alpha value is -3.40. The molecule has 0 aliphatic rings. The highest BCUT2D eigenvalue weighted by Crippen LogP contribution is 2.48. The van der Waals surface area contributed by atoms with Crippen molar-refractivity contribution in [1.29, 1.82) is 0 Å². The number of hydrogen-bond donors (Lipinski definition) is 2. The van der Waals surface area contributed by atoms with Gasteiger partial charge in [-0.2, -0.15) is 0 Å². The maximum absolute atomic E-state index is 11.1. The van der Waals surface area contributed by atoms with Crippen molar-refractivity contribution in [2.75, 3.05) is 13.2 Å². The average molecular weight is 388 g/mol. The van der Waals surface area contributed by atoms with Gasteiger partial charge < -0.3 is 19.7 Å². The summed E-state index contributed by atoms with van der Waals surface area (Å²) in [4.78, 5) is 0. The van der Waals surface area contributed by atoms with Crippen LogP contribution in [-0.2, 0) is 0 Å². The van der Waals surface area contributed by atoms with Crippen molar-refractivity contribution < 1.29 is 19.7 Å². The molecule has 4 nitrogen and oxygen atoms in total. The average Bonchev–Trinajstić information content (AvgIpc) is 2.72. The predicted octanol–water partition coefficient (Wildman–Crippen LogP) is 6.18. The van der Waals surface area contributed by atoms with Crippen LogP contribution in [0.15, 0.2) is 54.6 Å². The molecule has 0 radical (unpaired) electrons. The van der Waals surface area contributed by atoms with Crippen molar-refractivity contribution in [3.8, 4) is 34.1 Å². The lowest BCUT2D eigenvalue weighted by atomic mass is 9.94. The molecule has 0 atom stereocenters. The van der Waals surface area contributed by atoms with Crippen LogP contribution in [0.4, 0.5) is 0 Å². The quantitative estimate of drug-likeness (QED) is 0.429. The lowest BCUT2D eigenvalue weighted by molar-refractivity contribution is 0.343. The van der Waals surface area contributed by atoms with Gasteiger partial charge in [0.25, 0.3) is 0 Å². The topological polar surface area (TPSA) is 58.9 Å². The monoisotopic (exact) mass is 388 g/mol. The first kappa shape index (κ1) is 18.9. The van der Waals surface area contributed by atoms with Crippen molar-refractivity contribution in [2.24, 2.45) is 0 Å². The van der Waals surface area contributed by atoms with E-state index in [4.69, 9.17) is 9.47 Å². The third kappa shape index (κ3) is 3.21. The van der Waals surface area contributed by atoms with Gasteiger partial charge in [-0.15, -0.1) is 0 Å². The summed E-state index contributed by atoms with van der Waals surface area (Å²) < 4.78 is 11.7. The second-order valence-corrected chi connectivity index (χ2v) is 7.00. The summed E-state index contributed by atoms with van der Waals surface area (Å²) in [5.41, 5.74) is 2.10. The second kappa shape index (κ2) is 7.55. The van der Waals surface area contributed by atoms with Gasteiger partial charge >= 0.3 is 0 Å². The number of ether oxygens (including phenoxy) is 2. The molecule has 4 heteroatoms. The molecule has 0 fully saturated rings. The Balaban J connectivity index is 2.06. The van der Waals surface area contributed by atoms with E-state index < -0.39 is 0 Å². The fourth-order valence-electron chi connectivity index (χ4n) is 3.78. The number of aryl methyl sites for hydroxylation is 1. The summed E-state index contributed by atoms with van der Waals surface area (Å²) in [5, 5.41) is 25.2. The minimum absolute atomic E-state index is 0.105. The van der Waals surface area contributed by atoms with Gasteiger partial charge in [0.2, 0.25) is 0 Å². The molecule has 0 bridgehead atoms. The molecule has 0 unspecified atom stereocenters. The zero-order chi connectivity index (χ0) is 20.5. The maximum atomic E-state index is 11.1. The molecule has 0 aliphatic carbocycles. The Morgan fingerprint density at radius 1 is 0.655 bits per heavy atom. The van der Waals surface area contributed by atoms with E-state index in [-0.39, 0.29) is 11.5 Å². The van der Waals surface area contributed by atoms with Crippen LogP contribution in [0.3, 0.4) is 0 Å². The molecule has 148 valence electrons. The Labute approximate surface area is 169 Å². The number of phenols is 2. The van der Waals surface area contributed by atoms with Crippen LogP contribution < -0.4 is 9.47 Å². The molecule has 0 saturated heterocycles. The number of aromatic hydroxyl groups is 2. The maximum Gasteiger partial charge on any atom is 0.131 e. The third-order valence-corrected chi connectivity index (χ3v) is 5.09. The SMILES string of the molecule is CCOc1cc(-c2cc(OCC)c3cc(C)ccc3c2O)c(O)c2ccccc12. The first-order chi connectivity index (χ1) is 14.0. The first-order valence-electron chi connectivity index (χ1n) is 9.82. The highest BCUT2D eigenvalue weighted by Gasteiger charge is 2.20. The van der Waals surface area contributed by atoms with E-state index in [0.29, 0.717) is 46.6 Å². The molecule has 0 heterocycles. The van der Waals surface area contributed by atoms with E-state index in [0.717, 1.165) is 16.3 Å². The molecule has 29 heavy (non-hydrogen) atoms. The fraction of sp³-hybridized carbons (Fsp3) is 0.200. The largest absolute Gasteiger partial charge is 0.507 e. The molecule has 0 saturated carbocycles. The lowest BCUT2D eigenvalue weighted by Gasteiger charge is -2.17. The summed E-state index contributed by atoms with van der Waals surface area (Å²) >= 11 is 0. The van der Waals surface area contributed by atoms with Crippen LogP contribution in [-0.4, -0.2) is 23.4 Å². The molecule has 0 aliphatic heterocycles. The van der Waals surface area contributed by atoms with Crippen LogP contribution in [0.25, 0.3) is 32.7 Å². The Kier molecular flexibility index (Phi) is 4.93. The Morgan fingerprint density at radius 3 is 1.76 bits per heavy atom. The minimum Gasteiger partial charge on any atom is -0.507 e. The zero-order valence-corrected chi connectivity index (χ0v) is 16.8. The van der Waals surface area contributed by atoms with Gasteiger partial charge in [0, 0.05) is 32.7 Å². The van der Waals surface area contributed by atoms with Crippen LogP contribution in [0.1, 0.15) is 19.4 Å². The summed E-state index contributed by atoms with van der Waals surface area (Å²) in [6, 6.07) is 17.0. The van der Waals surface area contributed by atoms with Crippen molar-refractivity contribution in [2.45, 2.75) is 20.8 Å². The van der Waals surface area contributed by atoms with Crippen molar-refractivity contribution >= 4 is 21.5 Å². The Morgan fingerprint density at radius 2 is 1.17 bits per heavy atom. The molecule has 0 aromatic heterocycles. The van der Waals surface area contributed by atoms with Crippen molar-refractivity contribution in [3.05, 3.63) is 60.2 Å². The summed E-state index contributed by atoms with van der Waals surface area (Å²) in [5.74, 6) is 1.55. The summed E-state index contributed by atoms with van der Waals surface area (Å²) in [6.07, 6.45) is 0. The van der Waals surface area contributed by atoms with Crippen molar-refractivity contribution in [1.82, 2.24) is 0 Å². The van der Waals surface area contributed by atoms with Gasteiger partial charge in [0.1, 0.15) is 23.0 Å². The van der Waals surface area contributed by atoms with E-state index >= 15 is 0 Å². The molecule has 4 aromatic rings. The fourth-order valence-corrected chi connectivity index (χ4v) is 3.78. The van der Waals surface area contributed by atoms with Gasteiger partial charge in [0.15, 0.2) is 0 Å². The van der Waals surface area contributed by atoms with E-state index in [1.165, 1.54) is 0 Å². The summed E-state index contributed by atoms with van der Waals surface area (Å²) in [6.45, 7) is 6.85. The highest BCUT2D eigenvalue weighted by molar-refractivity contribution is 6.04. The van der Waals surface area contributed by atoms with Gasteiger partial charge in [0.05, 0.1) is 13.2 Å². The predicted molar refractivity (Wildman–Crippen MR) is 117 cm³/mol. The van der Waals surface area contributed by atoms with Gasteiger partial charge in [-0.1, -0.05) is 42.0 Å². The molecule has 0 amide bonds. The molecular weight excluding hydrogens is 364 g/mol. The number of benzene rings is 4. The van der Waals surface area contributed by atoms with E-state index in [2.05, 4.69) is 0 Å². The van der Waals surface area contributed by atoms with Crippen molar-refractivity contribution in [3.63, 3.8) is 0 Å². The number of hydrogen-bond acceptors (Lipinski definition) is 4. The van der Waals surface area contributed by atoms with Gasteiger partial charge in [-0.05, 0) is 39.0 Å². The van der Waals surface area contributed by atoms with Gasteiger partial charge in [-0.3, -0.25) is 0 Å². The van der Waals surface area contributed by atoms with E-state index in [1.54, 1.807) is 12.1 Å². The van der Waals surface area contributed by atoms with E-state index in [9.17, 15) is 10.2 Å². The van der Waals surface area contributed by atoms with Crippen LogP contribution in [0.2, 0.25) is 0 Å².